The number of nitrogens with one attached hydrogen (secondary N) is 2. The molecule has 0 aliphatic carbocycles. The second-order valence-corrected chi connectivity index (χ2v) is 17.6. The number of ether oxygens (including phenoxy) is 5. The Morgan fingerprint density at radius 1 is 0.962 bits per heavy atom. The van der Waals surface area contributed by atoms with E-state index in [9.17, 15) is 26.7 Å². The number of nitrogens with zero attached hydrogens (tertiary/aromatic N) is 1. The first-order chi connectivity index (χ1) is 24.8. The van der Waals surface area contributed by atoms with Crippen LogP contribution < -0.4 is 19.5 Å². The summed E-state index contributed by atoms with van der Waals surface area (Å²) in [6.07, 6.45) is -1.98. The minimum absolute atomic E-state index is 0.0342. The van der Waals surface area contributed by atoms with Crippen LogP contribution in [-0.2, 0) is 40.7 Å². The number of fused-ring (bicyclic) bond motifs is 2. The van der Waals surface area contributed by atoms with E-state index in [0.717, 1.165) is 9.87 Å². The molecule has 6 rings (SSSR count). The molecule has 0 radical (unpaired) electrons. The Labute approximate surface area is 304 Å². The van der Waals surface area contributed by atoms with Gasteiger partial charge in [0.2, 0.25) is 26.8 Å². The Kier molecular flexibility index (Phi) is 11.7. The summed E-state index contributed by atoms with van der Waals surface area (Å²) < 4.78 is 86.0. The predicted molar refractivity (Wildman–Crippen MR) is 188 cm³/mol. The molecule has 3 aliphatic heterocycles. The van der Waals surface area contributed by atoms with Gasteiger partial charge in [-0.2, -0.15) is 4.31 Å². The number of amides is 1. The van der Waals surface area contributed by atoms with E-state index in [-0.39, 0.29) is 60.8 Å². The Morgan fingerprint density at radius 2 is 1.67 bits per heavy atom. The molecule has 0 saturated carbocycles. The molecule has 3 N–H and O–H groups in total. The van der Waals surface area contributed by atoms with Gasteiger partial charge in [-0.3, -0.25) is 0 Å². The Hall–Kier alpha value is -3.77. The van der Waals surface area contributed by atoms with Crippen LogP contribution in [0.1, 0.15) is 32.3 Å². The van der Waals surface area contributed by atoms with Crippen LogP contribution in [0.2, 0.25) is 0 Å². The minimum atomic E-state index is -4.29. The normalized spacial score (nSPS) is 21.1. The lowest BCUT2D eigenvalue weighted by Gasteiger charge is -2.35. The molecular weight excluding hydrogens is 715 g/mol. The Morgan fingerprint density at radius 3 is 2.42 bits per heavy atom. The van der Waals surface area contributed by atoms with E-state index in [4.69, 9.17) is 23.7 Å². The second kappa shape index (κ2) is 16.1. The molecule has 282 valence electrons. The molecule has 52 heavy (non-hydrogen) atoms. The summed E-state index contributed by atoms with van der Waals surface area (Å²) in [5.74, 6) is 0.587. The molecule has 16 heteroatoms. The van der Waals surface area contributed by atoms with Gasteiger partial charge in [0, 0.05) is 25.7 Å². The number of hydrogen-bond acceptors (Lipinski definition) is 11. The van der Waals surface area contributed by atoms with Gasteiger partial charge in [0.05, 0.1) is 41.1 Å². The van der Waals surface area contributed by atoms with Crippen molar-refractivity contribution in [3.63, 3.8) is 0 Å². The Bertz CT molecular complexity index is 1900. The zero-order valence-corrected chi connectivity index (χ0v) is 30.7. The van der Waals surface area contributed by atoms with Crippen molar-refractivity contribution in [1.29, 1.82) is 0 Å². The summed E-state index contributed by atoms with van der Waals surface area (Å²) in [5, 5.41) is 14.6. The molecule has 0 unspecified atom stereocenters. The lowest BCUT2D eigenvalue weighted by atomic mass is 9.89. The highest BCUT2D eigenvalue weighted by Gasteiger charge is 2.44. The molecule has 0 bridgehead atoms. The van der Waals surface area contributed by atoms with Crippen molar-refractivity contribution in [2.24, 2.45) is 11.3 Å². The molecule has 5 atom stereocenters. The van der Waals surface area contributed by atoms with Crippen molar-refractivity contribution in [2.75, 3.05) is 39.6 Å². The number of benzene rings is 3. The first kappa shape index (κ1) is 38.0. The van der Waals surface area contributed by atoms with Crippen molar-refractivity contribution in [3.8, 4) is 11.5 Å². The van der Waals surface area contributed by atoms with Crippen LogP contribution in [0.15, 0.2) is 88.7 Å². The van der Waals surface area contributed by atoms with Crippen molar-refractivity contribution < 1.29 is 50.4 Å². The number of aliphatic hydroxyl groups excluding tert-OH is 1. The van der Waals surface area contributed by atoms with Crippen LogP contribution >= 0.6 is 0 Å². The van der Waals surface area contributed by atoms with Crippen LogP contribution in [0, 0.1) is 11.3 Å². The summed E-state index contributed by atoms with van der Waals surface area (Å²) in [4.78, 5) is 13.3. The van der Waals surface area contributed by atoms with E-state index in [1.165, 1.54) is 30.3 Å². The van der Waals surface area contributed by atoms with Gasteiger partial charge in [-0.15, -0.1) is 0 Å². The van der Waals surface area contributed by atoms with Crippen LogP contribution in [0.5, 0.6) is 11.5 Å². The Balaban J connectivity index is 1.21. The predicted octanol–water partition coefficient (Wildman–Crippen LogP) is 3.26. The lowest BCUT2D eigenvalue weighted by molar-refractivity contribution is -0.0907. The fraction of sp³-hybridized carbons (Fsp3) is 0.472. The molecule has 3 aliphatic rings. The van der Waals surface area contributed by atoms with Crippen LogP contribution in [0.4, 0.5) is 4.79 Å². The highest BCUT2D eigenvalue weighted by Crippen LogP contribution is 2.36. The number of carbonyl (C=O) groups excluding carboxylic acids is 1. The third kappa shape index (κ3) is 9.23. The summed E-state index contributed by atoms with van der Waals surface area (Å²) >= 11 is 0. The number of hydrogen-bond donors (Lipinski definition) is 3. The van der Waals surface area contributed by atoms with Crippen LogP contribution in [0.3, 0.4) is 0 Å². The van der Waals surface area contributed by atoms with Gasteiger partial charge in [-0.1, -0.05) is 62.4 Å². The first-order valence-electron chi connectivity index (χ1n) is 17.2. The fourth-order valence-electron chi connectivity index (χ4n) is 6.55. The molecule has 3 aromatic carbocycles. The maximum atomic E-state index is 14.4. The third-order valence-electron chi connectivity index (χ3n) is 9.43. The average Bonchev–Trinajstić information content (AvgIpc) is 3.87. The van der Waals surface area contributed by atoms with E-state index in [1.54, 1.807) is 18.2 Å². The maximum absolute atomic E-state index is 14.4. The van der Waals surface area contributed by atoms with Gasteiger partial charge in [-0.25, -0.2) is 26.4 Å². The first-order valence-corrected chi connectivity index (χ1v) is 20.1. The number of aliphatic hydroxyl groups is 1. The van der Waals surface area contributed by atoms with Gasteiger partial charge in [0.25, 0.3) is 0 Å². The molecule has 14 nitrogen and oxygen atoms in total. The lowest BCUT2D eigenvalue weighted by Crippen LogP contribution is -2.52. The smallest absolute Gasteiger partial charge is 0.407 e. The van der Waals surface area contributed by atoms with E-state index in [1.807, 2.05) is 44.2 Å². The SMILES string of the molecule is CC(C)(CCNS(=O)(=O)c1ccccc1)CN(C[C@@H](O)[C@H](Cc1ccccc1)NC(=O)O[C@H]1CO[C@H]2OCC[C@H]21)S(=O)(=O)c1ccc2c(c1)OCO2. The summed E-state index contributed by atoms with van der Waals surface area (Å²) in [6, 6.07) is 20.5. The summed E-state index contributed by atoms with van der Waals surface area (Å²) in [6.45, 7) is 3.82. The minimum Gasteiger partial charge on any atom is -0.454 e. The standard InChI is InChI=1S/C36H45N3O11S2/c1-36(2,16-17-37-51(42,43)26-11-7-4-8-12-26)23-39(52(44,45)27-13-14-31-32(20-27)49-24-48-31)21-30(40)29(19-25-9-5-3-6-10-25)38-35(41)50-33-22-47-34-28(33)15-18-46-34/h3-14,20,28-30,33-34,37,40H,15-19,21-24H2,1-2H3,(H,38,41)/t28-,29-,30+,33-,34+/m0/s1. The molecule has 2 saturated heterocycles. The van der Waals surface area contributed by atoms with Crippen molar-refractivity contribution in [3.05, 3.63) is 84.4 Å². The molecular formula is C36H45N3O11S2. The number of alkyl carbamates (subject to hydrolysis) is 1. The molecule has 0 spiro atoms. The monoisotopic (exact) mass is 759 g/mol. The fourth-order valence-corrected chi connectivity index (χ4v) is 9.27. The number of carbonyl (C=O) groups is 1. The van der Waals surface area contributed by atoms with Crippen LogP contribution in [-0.4, -0.2) is 96.5 Å². The average molecular weight is 760 g/mol. The quantitative estimate of drug-likeness (QED) is 0.195. The van der Waals surface area contributed by atoms with Gasteiger partial charge in [-0.05, 0) is 54.5 Å². The van der Waals surface area contributed by atoms with Gasteiger partial charge >= 0.3 is 6.09 Å². The largest absolute Gasteiger partial charge is 0.454 e. The van der Waals surface area contributed by atoms with Crippen LogP contribution in [0.25, 0.3) is 0 Å². The second-order valence-electron chi connectivity index (χ2n) is 13.9. The number of sulfonamides is 2. The maximum Gasteiger partial charge on any atom is 0.407 e. The van der Waals surface area contributed by atoms with Crippen molar-refractivity contribution in [2.45, 2.75) is 67.4 Å². The number of rotatable bonds is 16. The van der Waals surface area contributed by atoms with E-state index < -0.39 is 62.6 Å². The topological polar surface area (TPSA) is 179 Å². The van der Waals surface area contributed by atoms with Gasteiger partial charge in [0.1, 0.15) is 6.10 Å². The zero-order valence-electron chi connectivity index (χ0n) is 29.0. The van der Waals surface area contributed by atoms with Crippen molar-refractivity contribution >= 4 is 26.1 Å². The molecule has 0 aromatic heterocycles. The van der Waals surface area contributed by atoms with Crippen molar-refractivity contribution in [1.82, 2.24) is 14.3 Å². The highest BCUT2D eigenvalue weighted by molar-refractivity contribution is 7.89. The zero-order chi connectivity index (χ0) is 36.9. The third-order valence-corrected chi connectivity index (χ3v) is 12.7. The van der Waals surface area contributed by atoms with Gasteiger partial charge < -0.3 is 34.1 Å². The highest BCUT2D eigenvalue weighted by atomic mass is 32.2. The van der Waals surface area contributed by atoms with Gasteiger partial charge in [0.15, 0.2) is 17.8 Å². The summed E-state index contributed by atoms with van der Waals surface area (Å²) in [5.41, 5.74) is 0.0166. The summed E-state index contributed by atoms with van der Waals surface area (Å²) in [7, 11) is -8.07. The molecule has 3 aromatic rings. The molecule has 2 fully saturated rings. The van der Waals surface area contributed by atoms with E-state index in [2.05, 4.69) is 10.0 Å². The molecule has 3 heterocycles. The van der Waals surface area contributed by atoms with E-state index >= 15 is 0 Å². The molecule has 1 amide bonds. The van der Waals surface area contributed by atoms with E-state index in [0.29, 0.717) is 18.8 Å².